The standard InChI is InChI=1S/C18H14Br2N2OS/c1-10-7-14(8-11(2)16(10)20)21-18-22-17(23)15(24-18)9-12-3-5-13(19)6-4-12/h3-9H,1-2H3,(H,21,22,23)/b15-9-. The molecule has 122 valence electrons. The van der Waals surface area contributed by atoms with Gasteiger partial charge in [-0.15, -0.1) is 0 Å². The smallest absolute Gasteiger partial charge is 0.264 e. The van der Waals surface area contributed by atoms with Crippen molar-refractivity contribution >= 4 is 66.5 Å². The first-order valence-electron chi connectivity index (χ1n) is 7.24. The van der Waals surface area contributed by atoms with Crippen LogP contribution in [-0.4, -0.2) is 11.1 Å². The summed E-state index contributed by atoms with van der Waals surface area (Å²) < 4.78 is 2.10. The fourth-order valence-electron chi connectivity index (χ4n) is 2.30. The van der Waals surface area contributed by atoms with Gasteiger partial charge in [0.2, 0.25) is 0 Å². The number of carbonyl (C=O) groups is 1. The molecule has 0 bridgehead atoms. The van der Waals surface area contributed by atoms with Gasteiger partial charge in [-0.1, -0.05) is 44.0 Å². The summed E-state index contributed by atoms with van der Waals surface area (Å²) in [5.74, 6) is -0.118. The van der Waals surface area contributed by atoms with Gasteiger partial charge < -0.3 is 5.32 Å². The zero-order chi connectivity index (χ0) is 17.3. The van der Waals surface area contributed by atoms with Crippen molar-refractivity contribution < 1.29 is 4.79 Å². The van der Waals surface area contributed by atoms with Crippen LogP contribution in [0.5, 0.6) is 0 Å². The Balaban J connectivity index is 1.85. The number of rotatable bonds is 2. The lowest BCUT2D eigenvalue weighted by molar-refractivity contribution is -0.115. The molecular formula is C18H14Br2N2OS. The van der Waals surface area contributed by atoms with Gasteiger partial charge in [-0.2, -0.15) is 0 Å². The van der Waals surface area contributed by atoms with Crippen molar-refractivity contribution in [3.05, 3.63) is 66.9 Å². The van der Waals surface area contributed by atoms with Gasteiger partial charge in [0.05, 0.1) is 10.6 Å². The molecule has 1 amide bonds. The van der Waals surface area contributed by atoms with Crippen LogP contribution in [-0.2, 0) is 4.79 Å². The monoisotopic (exact) mass is 464 g/mol. The molecule has 1 aliphatic heterocycles. The van der Waals surface area contributed by atoms with E-state index in [1.807, 2.05) is 56.3 Å². The van der Waals surface area contributed by atoms with Crippen molar-refractivity contribution in [1.29, 1.82) is 0 Å². The molecule has 0 aromatic heterocycles. The fourth-order valence-corrected chi connectivity index (χ4v) is 3.63. The number of halogens is 2. The second-order valence-corrected chi connectivity index (χ2v) is 8.17. The average Bonchev–Trinajstić information content (AvgIpc) is 2.86. The zero-order valence-electron chi connectivity index (χ0n) is 13.1. The van der Waals surface area contributed by atoms with Crippen LogP contribution in [0, 0.1) is 13.8 Å². The largest absolute Gasteiger partial charge is 0.300 e. The highest BCUT2D eigenvalue weighted by molar-refractivity contribution is 9.10. The molecule has 1 aliphatic rings. The number of thioether (sulfide) groups is 1. The predicted molar refractivity (Wildman–Crippen MR) is 109 cm³/mol. The molecule has 1 saturated heterocycles. The highest BCUT2D eigenvalue weighted by Gasteiger charge is 2.23. The van der Waals surface area contributed by atoms with E-state index in [1.54, 1.807) is 0 Å². The van der Waals surface area contributed by atoms with E-state index in [9.17, 15) is 4.79 Å². The van der Waals surface area contributed by atoms with E-state index in [0.29, 0.717) is 10.1 Å². The summed E-state index contributed by atoms with van der Waals surface area (Å²) in [6.45, 7) is 4.06. The maximum Gasteiger partial charge on any atom is 0.264 e. The first-order chi connectivity index (χ1) is 11.4. The van der Waals surface area contributed by atoms with Gasteiger partial charge in [0.1, 0.15) is 0 Å². The van der Waals surface area contributed by atoms with Crippen LogP contribution in [0.4, 0.5) is 5.69 Å². The molecule has 2 aromatic carbocycles. The summed E-state index contributed by atoms with van der Waals surface area (Å²) in [6, 6.07) is 11.8. The van der Waals surface area contributed by atoms with E-state index in [1.165, 1.54) is 11.8 Å². The van der Waals surface area contributed by atoms with E-state index >= 15 is 0 Å². The predicted octanol–water partition coefficient (Wildman–Crippen LogP) is 5.72. The topological polar surface area (TPSA) is 41.5 Å². The summed E-state index contributed by atoms with van der Waals surface area (Å²) in [5, 5.41) is 3.42. The normalized spacial score (nSPS) is 17.6. The Morgan fingerprint density at radius 3 is 2.33 bits per heavy atom. The Bertz CT molecular complexity index is 850. The molecule has 3 rings (SSSR count). The number of nitrogens with one attached hydrogen (secondary N) is 1. The summed E-state index contributed by atoms with van der Waals surface area (Å²) in [5.41, 5.74) is 4.05. The van der Waals surface area contributed by atoms with E-state index in [0.717, 1.165) is 31.3 Å². The highest BCUT2D eigenvalue weighted by Crippen LogP contribution is 2.31. The van der Waals surface area contributed by atoms with Gasteiger partial charge in [-0.25, -0.2) is 4.99 Å². The minimum absolute atomic E-state index is 0.118. The SMILES string of the molecule is Cc1cc(N=C2NC(=O)/C(=C/c3ccc(Br)cc3)S2)cc(C)c1Br. The maximum absolute atomic E-state index is 12.1. The Labute approximate surface area is 161 Å². The minimum atomic E-state index is -0.118. The quantitative estimate of drug-likeness (QED) is 0.576. The molecule has 2 aromatic rings. The number of carbonyl (C=O) groups excluding carboxylic acids is 1. The second-order valence-electron chi connectivity index (χ2n) is 5.43. The third-order valence-electron chi connectivity index (χ3n) is 3.47. The number of amides is 1. The Kier molecular flexibility index (Phi) is 5.27. The molecule has 0 saturated carbocycles. The van der Waals surface area contributed by atoms with Gasteiger partial charge in [-0.05, 0) is 72.6 Å². The van der Waals surface area contributed by atoms with Crippen LogP contribution in [0.15, 0.2) is 55.2 Å². The van der Waals surface area contributed by atoms with Crippen LogP contribution in [0.1, 0.15) is 16.7 Å². The van der Waals surface area contributed by atoms with Gasteiger partial charge in [-0.3, -0.25) is 4.79 Å². The van der Waals surface area contributed by atoms with Crippen LogP contribution >= 0.6 is 43.6 Å². The lowest BCUT2D eigenvalue weighted by Crippen LogP contribution is -2.19. The molecule has 0 atom stereocenters. The number of aryl methyl sites for hydroxylation is 2. The number of hydrogen-bond donors (Lipinski definition) is 1. The molecule has 6 heteroatoms. The molecule has 0 spiro atoms. The van der Waals surface area contributed by atoms with Crippen LogP contribution in [0.25, 0.3) is 6.08 Å². The highest BCUT2D eigenvalue weighted by atomic mass is 79.9. The van der Waals surface area contributed by atoms with E-state index in [4.69, 9.17) is 0 Å². The van der Waals surface area contributed by atoms with Gasteiger partial charge in [0, 0.05) is 8.95 Å². The van der Waals surface area contributed by atoms with Crippen molar-refractivity contribution in [2.45, 2.75) is 13.8 Å². The first-order valence-corrected chi connectivity index (χ1v) is 9.64. The third kappa shape index (κ3) is 3.99. The van der Waals surface area contributed by atoms with Gasteiger partial charge in [0.25, 0.3) is 5.91 Å². The van der Waals surface area contributed by atoms with Crippen molar-refractivity contribution in [2.24, 2.45) is 4.99 Å². The number of aliphatic imine (C=N–C) groups is 1. The fraction of sp³-hybridized carbons (Fsp3) is 0.111. The van der Waals surface area contributed by atoms with Crippen LogP contribution < -0.4 is 5.32 Å². The van der Waals surface area contributed by atoms with E-state index in [-0.39, 0.29) is 5.91 Å². The number of hydrogen-bond acceptors (Lipinski definition) is 3. The molecule has 1 N–H and O–H groups in total. The molecule has 0 radical (unpaired) electrons. The maximum atomic E-state index is 12.1. The molecule has 3 nitrogen and oxygen atoms in total. The third-order valence-corrected chi connectivity index (χ3v) is 6.16. The van der Waals surface area contributed by atoms with E-state index in [2.05, 4.69) is 42.2 Å². The van der Waals surface area contributed by atoms with Crippen molar-refractivity contribution in [2.75, 3.05) is 0 Å². The number of nitrogens with zero attached hydrogens (tertiary/aromatic N) is 1. The van der Waals surface area contributed by atoms with Crippen molar-refractivity contribution in [3.63, 3.8) is 0 Å². The van der Waals surface area contributed by atoms with Gasteiger partial charge in [0.15, 0.2) is 5.17 Å². The first kappa shape index (κ1) is 17.5. The molecule has 1 heterocycles. The van der Waals surface area contributed by atoms with Crippen molar-refractivity contribution in [3.8, 4) is 0 Å². The lowest BCUT2D eigenvalue weighted by atomic mass is 10.1. The zero-order valence-corrected chi connectivity index (χ0v) is 17.0. The minimum Gasteiger partial charge on any atom is -0.300 e. The molecule has 1 fully saturated rings. The van der Waals surface area contributed by atoms with E-state index < -0.39 is 0 Å². The molecular weight excluding hydrogens is 452 g/mol. The van der Waals surface area contributed by atoms with Crippen LogP contribution in [0.3, 0.4) is 0 Å². The van der Waals surface area contributed by atoms with Crippen LogP contribution in [0.2, 0.25) is 0 Å². The van der Waals surface area contributed by atoms with Gasteiger partial charge >= 0.3 is 0 Å². The summed E-state index contributed by atoms with van der Waals surface area (Å²) in [4.78, 5) is 17.3. The Hall–Kier alpha value is -1.37. The summed E-state index contributed by atoms with van der Waals surface area (Å²) >= 11 is 8.31. The molecule has 0 aliphatic carbocycles. The summed E-state index contributed by atoms with van der Waals surface area (Å²) in [6.07, 6.45) is 1.87. The Morgan fingerprint density at radius 1 is 1.08 bits per heavy atom. The molecule has 24 heavy (non-hydrogen) atoms. The number of benzene rings is 2. The lowest BCUT2D eigenvalue weighted by Gasteiger charge is -2.04. The molecule has 0 unspecified atom stereocenters. The Morgan fingerprint density at radius 2 is 1.71 bits per heavy atom. The van der Waals surface area contributed by atoms with Crippen molar-refractivity contribution in [1.82, 2.24) is 5.32 Å². The summed E-state index contributed by atoms with van der Waals surface area (Å²) in [7, 11) is 0. The average molecular weight is 466 g/mol. The number of amidine groups is 1. The second kappa shape index (κ2) is 7.25.